The summed E-state index contributed by atoms with van der Waals surface area (Å²) in [5.74, 6) is 0.189. The number of carbonyl (C=O) groups excluding carboxylic acids is 1. The second-order valence-electron chi connectivity index (χ2n) is 4.96. The van der Waals surface area contributed by atoms with Gasteiger partial charge in [0.2, 0.25) is 5.91 Å². The first kappa shape index (κ1) is 13.0. The predicted molar refractivity (Wildman–Crippen MR) is 71.1 cm³/mol. The molecule has 0 radical (unpaired) electrons. The number of hydrogen-bond donors (Lipinski definition) is 1. The van der Waals surface area contributed by atoms with Gasteiger partial charge in [0.05, 0.1) is 0 Å². The number of piperidine rings is 1. The van der Waals surface area contributed by atoms with Crippen LogP contribution in [0.2, 0.25) is 0 Å². The summed E-state index contributed by atoms with van der Waals surface area (Å²) >= 11 is 0. The molecule has 0 aliphatic carbocycles. The van der Waals surface area contributed by atoms with Gasteiger partial charge in [-0.2, -0.15) is 0 Å². The van der Waals surface area contributed by atoms with Crippen LogP contribution in [0.1, 0.15) is 38.3 Å². The molecule has 0 aromatic carbocycles. The van der Waals surface area contributed by atoms with Gasteiger partial charge in [0.1, 0.15) is 0 Å². The van der Waals surface area contributed by atoms with E-state index in [9.17, 15) is 4.79 Å². The summed E-state index contributed by atoms with van der Waals surface area (Å²) in [6.07, 6.45) is 5.76. The fourth-order valence-corrected chi connectivity index (χ4v) is 2.44. The van der Waals surface area contributed by atoms with Crippen molar-refractivity contribution in [3.63, 3.8) is 0 Å². The van der Waals surface area contributed by atoms with Crippen LogP contribution in [-0.4, -0.2) is 34.9 Å². The van der Waals surface area contributed by atoms with Gasteiger partial charge >= 0.3 is 0 Å². The molecule has 1 aromatic heterocycles. The Morgan fingerprint density at radius 1 is 1.50 bits per heavy atom. The Labute approximate surface area is 108 Å². The number of pyridine rings is 1. The summed E-state index contributed by atoms with van der Waals surface area (Å²) in [6.45, 7) is 5.54. The second kappa shape index (κ2) is 5.96. The van der Waals surface area contributed by atoms with E-state index in [1.54, 1.807) is 13.1 Å². The van der Waals surface area contributed by atoms with E-state index in [1.165, 1.54) is 5.56 Å². The van der Waals surface area contributed by atoms with E-state index in [1.807, 2.05) is 17.2 Å². The molecule has 1 unspecified atom stereocenters. The highest BCUT2D eigenvalue weighted by atomic mass is 16.2. The van der Waals surface area contributed by atoms with Crippen LogP contribution >= 0.6 is 0 Å². The van der Waals surface area contributed by atoms with E-state index in [0.29, 0.717) is 12.1 Å². The lowest BCUT2D eigenvalue weighted by molar-refractivity contribution is -0.129. The fourth-order valence-electron chi connectivity index (χ4n) is 2.44. The molecule has 0 spiro atoms. The first-order valence-electron chi connectivity index (χ1n) is 6.58. The Hall–Kier alpha value is -1.42. The monoisotopic (exact) mass is 247 g/mol. The number of amides is 1. The van der Waals surface area contributed by atoms with Crippen LogP contribution in [0.4, 0.5) is 0 Å². The molecule has 0 bridgehead atoms. The zero-order valence-electron chi connectivity index (χ0n) is 11.1. The molecular weight excluding hydrogens is 226 g/mol. The van der Waals surface area contributed by atoms with Gasteiger partial charge in [-0.15, -0.1) is 0 Å². The largest absolute Gasteiger partial charge is 0.343 e. The van der Waals surface area contributed by atoms with Crippen LogP contribution in [0, 0.1) is 0 Å². The van der Waals surface area contributed by atoms with Crippen molar-refractivity contribution >= 4 is 5.91 Å². The summed E-state index contributed by atoms with van der Waals surface area (Å²) in [7, 11) is 0. The lowest BCUT2D eigenvalue weighted by Gasteiger charge is -2.33. The van der Waals surface area contributed by atoms with Crippen LogP contribution in [0.3, 0.4) is 0 Å². The SMILES string of the molecule is CC(=O)N1CCC(NC(C)c2cccnc2)CC1. The number of nitrogens with one attached hydrogen (secondary N) is 1. The molecule has 1 saturated heterocycles. The van der Waals surface area contributed by atoms with Crippen LogP contribution in [0.15, 0.2) is 24.5 Å². The van der Waals surface area contributed by atoms with Gasteiger partial charge in [-0.05, 0) is 31.4 Å². The number of likely N-dealkylation sites (tertiary alicyclic amines) is 1. The van der Waals surface area contributed by atoms with E-state index in [0.717, 1.165) is 25.9 Å². The molecule has 18 heavy (non-hydrogen) atoms. The Morgan fingerprint density at radius 2 is 2.22 bits per heavy atom. The van der Waals surface area contributed by atoms with Gasteiger partial charge in [-0.1, -0.05) is 6.07 Å². The molecule has 98 valence electrons. The number of nitrogens with zero attached hydrogens (tertiary/aromatic N) is 2. The predicted octanol–water partition coefficient (Wildman–Crippen LogP) is 1.74. The van der Waals surface area contributed by atoms with Crippen LogP contribution in [0.25, 0.3) is 0 Å². The number of carbonyl (C=O) groups is 1. The van der Waals surface area contributed by atoms with E-state index in [2.05, 4.69) is 23.3 Å². The highest BCUT2D eigenvalue weighted by Crippen LogP contribution is 2.16. The third-order valence-corrected chi connectivity index (χ3v) is 3.61. The molecule has 1 atom stereocenters. The number of hydrogen-bond acceptors (Lipinski definition) is 3. The number of rotatable bonds is 3. The lowest BCUT2D eigenvalue weighted by atomic mass is 10.0. The van der Waals surface area contributed by atoms with Crippen molar-refractivity contribution in [2.24, 2.45) is 0 Å². The summed E-state index contributed by atoms with van der Waals surface area (Å²) in [5.41, 5.74) is 1.21. The Balaban J connectivity index is 1.83. The summed E-state index contributed by atoms with van der Waals surface area (Å²) in [5, 5.41) is 3.62. The Morgan fingerprint density at radius 3 is 2.78 bits per heavy atom. The molecule has 1 aliphatic heterocycles. The third kappa shape index (κ3) is 3.29. The van der Waals surface area contributed by atoms with Crippen molar-refractivity contribution in [3.8, 4) is 0 Å². The van der Waals surface area contributed by atoms with E-state index >= 15 is 0 Å². The van der Waals surface area contributed by atoms with Gasteiger partial charge in [0, 0.05) is 44.5 Å². The van der Waals surface area contributed by atoms with Gasteiger partial charge in [-0.25, -0.2) is 0 Å². The summed E-state index contributed by atoms with van der Waals surface area (Å²) in [6, 6.07) is 4.87. The van der Waals surface area contributed by atoms with Gasteiger partial charge in [-0.3, -0.25) is 9.78 Å². The van der Waals surface area contributed by atoms with Crippen molar-refractivity contribution in [2.45, 2.75) is 38.8 Å². The van der Waals surface area contributed by atoms with Crippen molar-refractivity contribution in [3.05, 3.63) is 30.1 Å². The van der Waals surface area contributed by atoms with E-state index < -0.39 is 0 Å². The number of aromatic nitrogens is 1. The molecule has 1 fully saturated rings. The molecule has 4 heteroatoms. The minimum atomic E-state index is 0.189. The Kier molecular flexibility index (Phi) is 4.31. The minimum Gasteiger partial charge on any atom is -0.343 e. The maximum atomic E-state index is 11.2. The van der Waals surface area contributed by atoms with Crippen molar-refractivity contribution < 1.29 is 4.79 Å². The second-order valence-corrected chi connectivity index (χ2v) is 4.96. The smallest absolute Gasteiger partial charge is 0.219 e. The van der Waals surface area contributed by atoms with Crippen molar-refractivity contribution in [2.75, 3.05) is 13.1 Å². The maximum absolute atomic E-state index is 11.2. The summed E-state index contributed by atoms with van der Waals surface area (Å²) < 4.78 is 0. The molecule has 1 aromatic rings. The van der Waals surface area contributed by atoms with Gasteiger partial charge < -0.3 is 10.2 Å². The first-order chi connectivity index (χ1) is 8.66. The fraction of sp³-hybridized carbons (Fsp3) is 0.571. The lowest BCUT2D eigenvalue weighted by Crippen LogP contribution is -2.44. The average molecular weight is 247 g/mol. The molecule has 2 rings (SSSR count). The zero-order valence-corrected chi connectivity index (χ0v) is 11.1. The van der Waals surface area contributed by atoms with E-state index in [-0.39, 0.29) is 5.91 Å². The molecule has 1 amide bonds. The molecule has 0 saturated carbocycles. The average Bonchev–Trinajstić information content (AvgIpc) is 2.40. The minimum absolute atomic E-state index is 0.189. The van der Waals surface area contributed by atoms with Gasteiger partial charge in [0.15, 0.2) is 0 Å². The maximum Gasteiger partial charge on any atom is 0.219 e. The zero-order chi connectivity index (χ0) is 13.0. The molecule has 1 aliphatic rings. The van der Waals surface area contributed by atoms with Crippen LogP contribution in [0.5, 0.6) is 0 Å². The standard InChI is InChI=1S/C14H21N3O/c1-11(13-4-3-7-15-10-13)16-14-5-8-17(9-6-14)12(2)18/h3-4,7,10-11,14,16H,5-6,8-9H2,1-2H3. The molecule has 4 nitrogen and oxygen atoms in total. The van der Waals surface area contributed by atoms with Crippen LogP contribution in [-0.2, 0) is 4.79 Å². The van der Waals surface area contributed by atoms with Crippen molar-refractivity contribution in [1.82, 2.24) is 15.2 Å². The third-order valence-electron chi connectivity index (χ3n) is 3.61. The highest BCUT2D eigenvalue weighted by Gasteiger charge is 2.21. The normalized spacial score (nSPS) is 18.7. The van der Waals surface area contributed by atoms with Crippen LogP contribution < -0.4 is 5.32 Å². The highest BCUT2D eigenvalue weighted by molar-refractivity contribution is 5.73. The van der Waals surface area contributed by atoms with Crippen molar-refractivity contribution in [1.29, 1.82) is 0 Å². The summed E-state index contributed by atoms with van der Waals surface area (Å²) in [4.78, 5) is 17.3. The van der Waals surface area contributed by atoms with Gasteiger partial charge in [0.25, 0.3) is 0 Å². The molecular formula is C14H21N3O. The molecule has 2 heterocycles. The van der Waals surface area contributed by atoms with E-state index in [4.69, 9.17) is 0 Å². The first-order valence-corrected chi connectivity index (χ1v) is 6.58. The quantitative estimate of drug-likeness (QED) is 0.885. The topological polar surface area (TPSA) is 45.2 Å². The molecule has 1 N–H and O–H groups in total. The Bertz CT molecular complexity index is 385.